The molecule has 2 fully saturated rings. The van der Waals surface area contributed by atoms with E-state index >= 15 is 0 Å². The second kappa shape index (κ2) is 11.3. The van der Waals surface area contributed by atoms with E-state index in [0.717, 1.165) is 45.4 Å². The van der Waals surface area contributed by atoms with Gasteiger partial charge in [-0.3, -0.25) is 14.1 Å². The van der Waals surface area contributed by atoms with E-state index in [2.05, 4.69) is 15.2 Å². The normalized spacial score (nSPS) is 16.2. The number of fused-ring (bicyclic) bond motifs is 1. The summed E-state index contributed by atoms with van der Waals surface area (Å²) in [5.41, 5.74) is 1.71. The maximum atomic E-state index is 13.2. The Morgan fingerprint density at radius 2 is 2.11 bits per heavy atom. The quantitative estimate of drug-likeness (QED) is 0.386. The van der Waals surface area contributed by atoms with E-state index in [1.807, 2.05) is 16.5 Å². The fourth-order valence-corrected chi connectivity index (χ4v) is 4.36. The van der Waals surface area contributed by atoms with E-state index in [1.165, 1.54) is 13.2 Å². The van der Waals surface area contributed by atoms with E-state index in [9.17, 15) is 13.6 Å². The topological polar surface area (TPSA) is 86.6 Å². The molecule has 1 amide bonds. The minimum absolute atomic E-state index is 0.0465. The highest BCUT2D eigenvalue weighted by Gasteiger charge is 2.29. The van der Waals surface area contributed by atoms with Gasteiger partial charge in [0.2, 0.25) is 0 Å². The molecule has 1 aliphatic heterocycles. The summed E-state index contributed by atoms with van der Waals surface area (Å²) in [5.74, 6) is 0.0667. The third-order valence-corrected chi connectivity index (χ3v) is 6.35. The van der Waals surface area contributed by atoms with Crippen LogP contribution in [0.5, 0.6) is 17.2 Å². The summed E-state index contributed by atoms with van der Waals surface area (Å²) >= 11 is 0. The number of nitrogens with zero attached hydrogens (tertiary/aromatic N) is 3. The number of rotatable bonds is 11. The summed E-state index contributed by atoms with van der Waals surface area (Å²) in [4.78, 5) is 19.5. The highest BCUT2D eigenvalue weighted by molar-refractivity contribution is 6.01. The zero-order chi connectivity index (χ0) is 25.8. The van der Waals surface area contributed by atoms with E-state index in [-0.39, 0.29) is 23.1 Å². The zero-order valence-electron chi connectivity index (χ0n) is 20.6. The van der Waals surface area contributed by atoms with Gasteiger partial charge in [0.05, 0.1) is 32.3 Å². The third kappa shape index (κ3) is 6.11. The molecule has 3 heterocycles. The largest absolute Gasteiger partial charge is 0.496 e. The van der Waals surface area contributed by atoms with Crippen LogP contribution in [0.15, 0.2) is 36.7 Å². The van der Waals surface area contributed by atoms with Crippen molar-refractivity contribution < 1.29 is 32.5 Å². The molecule has 1 N–H and O–H groups in total. The fourth-order valence-electron chi connectivity index (χ4n) is 4.36. The summed E-state index contributed by atoms with van der Waals surface area (Å²) in [7, 11) is 1.38. The molecule has 0 unspecified atom stereocenters. The molecular formula is C26H30F2N4O5. The molecule has 1 aliphatic carbocycles. The molecule has 0 spiro atoms. The van der Waals surface area contributed by atoms with E-state index in [0.29, 0.717) is 36.0 Å². The van der Waals surface area contributed by atoms with Gasteiger partial charge < -0.3 is 24.3 Å². The Kier molecular flexibility index (Phi) is 7.71. The Balaban J connectivity index is 1.34. The molecule has 1 saturated carbocycles. The lowest BCUT2D eigenvalue weighted by Gasteiger charge is -2.26. The van der Waals surface area contributed by atoms with Crippen LogP contribution in [0.4, 0.5) is 8.78 Å². The Morgan fingerprint density at radius 3 is 2.84 bits per heavy atom. The van der Waals surface area contributed by atoms with E-state index < -0.39 is 12.5 Å². The van der Waals surface area contributed by atoms with Crippen LogP contribution in [-0.4, -0.2) is 73.0 Å². The number of hydrogen-bond donors (Lipinski definition) is 1. The first-order valence-corrected chi connectivity index (χ1v) is 12.4. The van der Waals surface area contributed by atoms with Gasteiger partial charge in [0, 0.05) is 43.6 Å². The number of methoxy groups -OCH3 is 1. The van der Waals surface area contributed by atoms with Gasteiger partial charge in [-0.15, -0.1) is 0 Å². The molecule has 0 atom stereocenters. The highest BCUT2D eigenvalue weighted by atomic mass is 19.3. The van der Waals surface area contributed by atoms with Crippen LogP contribution in [0.1, 0.15) is 36.0 Å². The molecule has 198 valence electrons. The van der Waals surface area contributed by atoms with Gasteiger partial charge in [0.25, 0.3) is 5.91 Å². The Labute approximate surface area is 213 Å². The van der Waals surface area contributed by atoms with Crippen LogP contribution in [0.25, 0.3) is 16.9 Å². The minimum Gasteiger partial charge on any atom is -0.496 e. The molecule has 1 aromatic carbocycles. The van der Waals surface area contributed by atoms with Crippen LogP contribution < -0.4 is 19.5 Å². The van der Waals surface area contributed by atoms with Gasteiger partial charge in [0.15, 0.2) is 0 Å². The third-order valence-electron chi connectivity index (χ3n) is 6.35. The molecule has 0 bridgehead atoms. The SMILES string of the molecule is COc1cc(-c2cnc3cc(OCCCN4CCCOC4)ccn23)cc(OC(F)F)c1C(=O)NC1CC1. The van der Waals surface area contributed by atoms with Crippen molar-refractivity contribution in [1.82, 2.24) is 19.6 Å². The number of nitrogens with one attached hydrogen (secondary N) is 1. The molecule has 37 heavy (non-hydrogen) atoms. The number of alkyl halides is 2. The Bertz CT molecular complexity index is 1240. The van der Waals surface area contributed by atoms with Crippen LogP contribution in [-0.2, 0) is 4.74 Å². The Hall–Kier alpha value is -3.44. The maximum absolute atomic E-state index is 13.2. The molecular weight excluding hydrogens is 486 g/mol. The number of carbonyl (C=O) groups is 1. The molecule has 5 rings (SSSR count). The molecule has 0 radical (unpaired) electrons. The number of amides is 1. The average molecular weight is 517 g/mol. The predicted octanol–water partition coefficient (Wildman–Crippen LogP) is 3.95. The highest BCUT2D eigenvalue weighted by Crippen LogP contribution is 2.37. The monoisotopic (exact) mass is 516 g/mol. The van der Waals surface area contributed by atoms with Crippen LogP contribution >= 0.6 is 0 Å². The number of benzene rings is 1. The van der Waals surface area contributed by atoms with Crippen LogP contribution in [0.2, 0.25) is 0 Å². The van der Waals surface area contributed by atoms with Gasteiger partial charge in [0.1, 0.15) is 28.5 Å². The van der Waals surface area contributed by atoms with Gasteiger partial charge >= 0.3 is 6.61 Å². The minimum atomic E-state index is -3.10. The van der Waals surface area contributed by atoms with Crippen LogP contribution in [0.3, 0.4) is 0 Å². The standard InChI is InChI=1S/C26H30F2N4O5/c1-34-21-12-17(13-22(37-26(27)28)24(21)25(33)30-18-4-5-18)20-15-29-23-14-19(6-9-32(20)23)36-11-3-8-31-7-2-10-35-16-31/h6,9,12-15,18,26H,2-5,7-8,10-11,16H2,1H3,(H,30,33). The summed E-state index contributed by atoms with van der Waals surface area (Å²) in [6.45, 7) is 0.919. The van der Waals surface area contributed by atoms with Crippen molar-refractivity contribution in [2.45, 2.75) is 38.3 Å². The van der Waals surface area contributed by atoms with Crippen molar-refractivity contribution in [3.05, 3.63) is 42.2 Å². The first kappa shape index (κ1) is 25.2. The number of halogens is 2. The number of carbonyl (C=O) groups excluding carboxylic acids is 1. The maximum Gasteiger partial charge on any atom is 0.387 e. The average Bonchev–Trinajstić information content (AvgIpc) is 3.61. The van der Waals surface area contributed by atoms with Crippen molar-refractivity contribution in [1.29, 1.82) is 0 Å². The second-order valence-corrected chi connectivity index (χ2v) is 9.12. The van der Waals surface area contributed by atoms with Gasteiger partial charge in [-0.1, -0.05) is 0 Å². The van der Waals surface area contributed by atoms with Crippen molar-refractivity contribution in [2.24, 2.45) is 0 Å². The van der Waals surface area contributed by atoms with Crippen molar-refractivity contribution in [3.63, 3.8) is 0 Å². The lowest BCUT2D eigenvalue weighted by atomic mass is 10.1. The molecule has 2 aliphatic rings. The molecule has 1 saturated heterocycles. The van der Waals surface area contributed by atoms with Crippen LogP contribution in [0, 0.1) is 0 Å². The lowest BCUT2D eigenvalue weighted by molar-refractivity contribution is -0.0502. The van der Waals surface area contributed by atoms with Crippen molar-refractivity contribution >= 4 is 11.6 Å². The smallest absolute Gasteiger partial charge is 0.387 e. The number of imidazole rings is 1. The lowest BCUT2D eigenvalue weighted by Crippen LogP contribution is -2.34. The molecule has 9 nitrogen and oxygen atoms in total. The number of aromatic nitrogens is 2. The molecule has 2 aromatic heterocycles. The van der Waals surface area contributed by atoms with E-state index in [4.69, 9.17) is 18.9 Å². The number of hydrogen-bond acceptors (Lipinski definition) is 7. The van der Waals surface area contributed by atoms with Gasteiger partial charge in [-0.2, -0.15) is 8.78 Å². The van der Waals surface area contributed by atoms with Gasteiger partial charge in [-0.25, -0.2) is 4.98 Å². The summed E-state index contributed by atoms with van der Waals surface area (Å²) in [5, 5.41) is 2.80. The van der Waals surface area contributed by atoms with Crippen molar-refractivity contribution in [3.8, 4) is 28.5 Å². The summed E-state index contributed by atoms with van der Waals surface area (Å²) in [6.07, 6.45) is 7.08. The molecule has 3 aromatic rings. The number of ether oxygens (including phenoxy) is 4. The first-order chi connectivity index (χ1) is 18.0. The number of pyridine rings is 1. The van der Waals surface area contributed by atoms with Crippen molar-refractivity contribution in [2.75, 3.05) is 40.1 Å². The second-order valence-electron chi connectivity index (χ2n) is 9.12. The van der Waals surface area contributed by atoms with Gasteiger partial charge in [-0.05, 0) is 43.9 Å². The first-order valence-electron chi connectivity index (χ1n) is 12.4. The zero-order valence-corrected chi connectivity index (χ0v) is 20.6. The van der Waals surface area contributed by atoms with E-state index in [1.54, 1.807) is 18.5 Å². The summed E-state index contributed by atoms with van der Waals surface area (Å²) in [6, 6.07) is 6.73. The Morgan fingerprint density at radius 1 is 1.27 bits per heavy atom. The fraction of sp³-hybridized carbons (Fsp3) is 0.462. The summed E-state index contributed by atoms with van der Waals surface area (Å²) < 4.78 is 49.8. The predicted molar refractivity (Wildman–Crippen MR) is 131 cm³/mol. The molecule has 11 heteroatoms.